The highest BCUT2D eigenvalue weighted by molar-refractivity contribution is 5.82. The van der Waals surface area contributed by atoms with Crippen molar-refractivity contribution in [2.45, 2.75) is 0 Å². The van der Waals surface area contributed by atoms with Gasteiger partial charge in [-0.25, -0.2) is 0 Å². The van der Waals surface area contributed by atoms with Crippen molar-refractivity contribution in [3.8, 4) is 0 Å². The lowest BCUT2D eigenvalue weighted by atomic mass is 10.1. The highest BCUT2D eigenvalue weighted by Crippen LogP contribution is 2.05. The molecular weight excluding hydrogens is 148 g/mol. The van der Waals surface area contributed by atoms with E-state index in [9.17, 15) is 0 Å². The molecule has 0 atom stereocenters. The van der Waals surface area contributed by atoms with E-state index < -0.39 is 0 Å². The summed E-state index contributed by atoms with van der Waals surface area (Å²) in [4.78, 5) is 0. The first-order valence-electron chi connectivity index (χ1n) is 3.42. The number of nitrogens with zero attached hydrogens (tertiary/aromatic N) is 2. The van der Waals surface area contributed by atoms with Gasteiger partial charge in [0.1, 0.15) is 0 Å². The van der Waals surface area contributed by atoms with Crippen molar-refractivity contribution in [3.05, 3.63) is 46.2 Å². The summed E-state index contributed by atoms with van der Waals surface area (Å²) in [5, 5.41) is 16.7. The van der Waals surface area contributed by atoms with Crippen LogP contribution in [0.4, 0.5) is 0 Å². The van der Waals surface area contributed by atoms with Crippen molar-refractivity contribution >= 4 is 23.9 Å². The zero-order valence-electron chi connectivity index (χ0n) is 6.36. The first-order valence-corrected chi connectivity index (χ1v) is 3.42. The van der Waals surface area contributed by atoms with Crippen molar-refractivity contribution in [1.82, 2.24) is 0 Å². The molecule has 0 saturated heterocycles. The summed E-state index contributed by atoms with van der Waals surface area (Å²) >= 11 is 0. The number of hydrogen-bond donors (Lipinski definition) is 0. The van der Waals surface area contributed by atoms with Crippen LogP contribution in [0.25, 0.3) is 23.0 Å². The molecule has 0 spiro atoms. The Balaban J connectivity index is 2.99. The predicted molar refractivity (Wildman–Crippen MR) is 52.1 cm³/mol. The third-order valence-electron chi connectivity index (χ3n) is 1.40. The fourth-order valence-corrected chi connectivity index (χ4v) is 0.838. The van der Waals surface area contributed by atoms with Gasteiger partial charge < -0.3 is 10.8 Å². The lowest BCUT2D eigenvalue weighted by Gasteiger charge is -1.94. The zero-order chi connectivity index (χ0) is 8.81. The van der Waals surface area contributed by atoms with E-state index in [2.05, 4.69) is 0 Å². The molecule has 0 aliphatic rings. The van der Waals surface area contributed by atoms with E-state index in [1.165, 1.54) is 12.2 Å². The molecule has 1 aromatic carbocycles. The third kappa shape index (κ3) is 2.06. The molecule has 0 bridgehead atoms. The van der Waals surface area contributed by atoms with Crippen LogP contribution in [-0.2, 0) is 0 Å². The lowest BCUT2D eigenvalue weighted by Crippen LogP contribution is -1.73. The van der Waals surface area contributed by atoms with E-state index in [0.29, 0.717) is 0 Å². The first-order chi connectivity index (χ1) is 5.86. The Morgan fingerprint density at radius 3 is 1.42 bits per heavy atom. The molecule has 0 heterocycles. The summed E-state index contributed by atoms with van der Waals surface area (Å²) in [6, 6.07) is 7.19. The van der Waals surface area contributed by atoms with E-state index in [1.807, 2.05) is 11.7 Å². The van der Waals surface area contributed by atoms with Crippen LogP contribution in [0.1, 0.15) is 11.1 Å². The minimum absolute atomic E-state index is 0.854. The second kappa shape index (κ2) is 4.09. The standard InChI is InChI=1S/C10H6N2/c11-7-5-9-1-2-10(4-3-9)6-8-12/h1-6H/q-2. The van der Waals surface area contributed by atoms with Gasteiger partial charge in [0.25, 0.3) is 0 Å². The fourth-order valence-electron chi connectivity index (χ4n) is 0.838. The Kier molecular flexibility index (Phi) is 2.80. The van der Waals surface area contributed by atoms with Crippen molar-refractivity contribution in [2.75, 3.05) is 0 Å². The van der Waals surface area contributed by atoms with Crippen LogP contribution in [0.5, 0.6) is 0 Å². The first kappa shape index (κ1) is 8.22. The highest BCUT2D eigenvalue weighted by atomic mass is 14.3. The average molecular weight is 154 g/mol. The molecule has 0 saturated carbocycles. The SMILES string of the molecule is [N-]=C=Cc1ccc(C=C=[N-])cc1. The molecule has 0 aliphatic heterocycles. The van der Waals surface area contributed by atoms with Crippen molar-refractivity contribution in [1.29, 1.82) is 0 Å². The Morgan fingerprint density at radius 1 is 0.833 bits per heavy atom. The maximum Gasteiger partial charge on any atom is -0.0197 e. The molecule has 0 aliphatic carbocycles. The Labute approximate surface area is 70.9 Å². The van der Waals surface area contributed by atoms with E-state index in [-0.39, 0.29) is 0 Å². The Bertz CT molecular complexity index is 313. The number of benzene rings is 1. The summed E-state index contributed by atoms with van der Waals surface area (Å²) in [5.41, 5.74) is 1.71. The van der Waals surface area contributed by atoms with Gasteiger partial charge in [-0.05, 0) is 23.3 Å². The van der Waals surface area contributed by atoms with E-state index >= 15 is 0 Å². The summed E-state index contributed by atoms with van der Waals surface area (Å²) in [5.74, 6) is 3.87. The predicted octanol–water partition coefficient (Wildman–Crippen LogP) is 2.19. The van der Waals surface area contributed by atoms with Gasteiger partial charge in [-0.2, -0.15) is 0 Å². The molecular formula is C10H6N2-2. The van der Waals surface area contributed by atoms with E-state index in [1.54, 1.807) is 24.3 Å². The molecule has 1 aromatic rings. The van der Waals surface area contributed by atoms with Gasteiger partial charge in [-0.1, -0.05) is 24.3 Å². The zero-order valence-corrected chi connectivity index (χ0v) is 6.36. The minimum Gasteiger partial charge on any atom is -0.763 e. The lowest BCUT2D eigenvalue weighted by molar-refractivity contribution is 1.63. The topological polar surface area (TPSA) is 44.6 Å². The summed E-state index contributed by atoms with van der Waals surface area (Å²) in [6.45, 7) is 0. The van der Waals surface area contributed by atoms with Gasteiger partial charge in [0.05, 0.1) is 0 Å². The minimum atomic E-state index is 0.854. The van der Waals surface area contributed by atoms with Crippen molar-refractivity contribution in [3.63, 3.8) is 0 Å². The quantitative estimate of drug-likeness (QED) is 0.586. The van der Waals surface area contributed by atoms with Crippen LogP contribution < -0.4 is 0 Å². The molecule has 2 heteroatoms. The van der Waals surface area contributed by atoms with Crippen molar-refractivity contribution in [2.24, 2.45) is 0 Å². The monoisotopic (exact) mass is 154 g/mol. The van der Waals surface area contributed by atoms with Crippen LogP contribution in [0.3, 0.4) is 0 Å². The maximum atomic E-state index is 8.33. The molecule has 0 amide bonds. The molecule has 0 N–H and O–H groups in total. The normalized spacial score (nSPS) is 8.00. The molecule has 12 heavy (non-hydrogen) atoms. The van der Waals surface area contributed by atoms with Gasteiger partial charge in [0.2, 0.25) is 0 Å². The average Bonchev–Trinajstić information content (AvgIpc) is 2.09. The number of rotatable bonds is 2. The van der Waals surface area contributed by atoms with Gasteiger partial charge >= 0.3 is 0 Å². The van der Waals surface area contributed by atoms with Crippen LogP contribution in [0.15, 0.2) is 24.3 Å². The van der Waals surface area contributed by atoms with Crippen LogP contribution in [-0.4, -0.2) is 11.7 Å². The smallest absolute Gasteiger partial charge is 0.0197 e. The third-order valence-corrected chi connectivity index (χ3v) is 1.40. The number of hydrogen-bond acceptors (Lipinski definition) is 0. The largest absolute Gasteiger partial charge is 0.763 e. The van der Waals surface area contributed by atoms with Gasteiger partial charge in [0.15, 0.2) is 0 Å². The second-order valence-electron chi connectivity index (χ2n) is 2.21. The summed E-state index contributed by atoms with van der Waals surface area (Å²) < 4.78 is 0. The highest BCUT2D eigenvalue weighted by Gasteiger charge is 1.84. The summed E-state index contributed by atoms with van der Waals surface area (Å²) in [7, 11) is 0. The van der Waals surface area contributed by atoms with Gasteiger partial charge in [0, 0.05) is 0 Å². The molecule has 2 nitrogen and oxygen atoms in total. The molecule has 58 valence electrons. The van der Waals surface area contributed by atoms with E-state index in [0.717, 1.165) is 11.1 Å². The van der Waals surface area contributed by atoms with Crippen LogP contribution >= 0.6 is 0 Å². The van der Waals surface area contributed by atoms with Gasteiger partial charge in [-0.3, -0.25) is 11.7 Å². The fraction of sp³-hybridized carbons (Fsp3) is 0. The Hall–Kier alpha value is -1.88. The summed E-state index contributed by atoms with van der Waals surface area (Å²) in [6.07, 6.45) is 2.91. The molecule has 0 radical (unpaired) electrons. The maximum absolute atomic E-state index is 8.33. The van der Waals surface area contributed by atoms with Gasteiger partial charge in [-0.15, -0.1) is 0 Å². The van der Waals surface area contributed by atoms with Crippen LogP contribution in [0.2, 0.25) is 0 Å². The van der Waals surface area contributed by atoms with Crippen LogP contribution in [0, 0.1) is 0 Å². The molecule has 0 aromatic heterocycles. The molecule has 1 rings (SSSR count). The van der Waals surface area contributed by atoms with E-state index in [4.69, 9.17) is 10.8 Å². The second-order valence-corrected chi connectivity index (χ2v) is 2.21. The Morgan fingerprint density at radius 2 is 1.17 bits per heavy atom. The van der Waals surface area contributed by atoms with Crippen molar-refractivity contribution < 1.29 is 0 Å². The molecule has 0 fully saturated rings. The molecule has 0 unspecified atom stereocenters.